The summed E-state index contributed by atoms with van der Waals surface area (Å²) in [5.41, 5.74) is 1.16. The predicted octanol–water partition coefficient (Wildman–Crippen LogP) is 2.97. The fourth-order valence-electron chi connectivity index (χ4n) is 2.52. The van der Waals surface area contributed by atoms with Crippen molar-refractivity contribution >= 4 is 38.2 Å². The zero-order chi connectivity index (χ0) is 17.3. The Hall–Kier alpha value is -2.32. The molecule has 6 nitrogen and oxygen atoms in total. The topological polar surface area (TPSA) is 85.6 Å². The van der Waals surface area contributed by atoms with E-state index in [1.807, 2.05) is 0 Å². The second-order valence-electron chi connectivity index (χ2n) is 5.19. The molecule has 8 heteroatoms. The van der Waals surface area contributed by atoms with Gasteiger partial charge >= 0.3 is 5.97 Å². The first-order valence-corrected chi connectivity index (χ1v) is 9.49. The molecule has 0 aliphatic carbocycles. The molecule has 24 heavy (non-hydrogen) atoms. The third-order valence-corrected chi connectivity index (χ3v) is 6.22. The summed E-state index contributed by atoms with van der Waals surface area (Å²) in [6.45, 7) is 0. The van der Waals surface area contributed by atoms with E-state index in [1.54, 1.807) is 35.0 Å². The van der Waals surface area contributed by atoms with Gasteiger partial charge in [0.1, 0.15) is 5.75 Å². The van der Waals surface area contributed by atoms with Gasteiger partial charge in [0.05, 0.1) is 17.5 Å². The molecule has 2 aromatic heterocycles. The number of carboxylic acid groups (broad SMARTS) is 1. The van der Waals surface area contributed by atoms with Gasteiger partial charge in [-0.15, -0.1) is 0 Å². The summed E-state index contributed by atoms with van der Waals surface area (Å²) in [4.78, 5) is 11.1. The maximum Gasteiger partial charge on any atom is 0.303 e. The number of ether oxygens (including phenoxy) is 1. The van der Waals surface area contributed by atoms with E-state index in [9.17, 15) is 13.2 Å². The average molecular weight is 365 g/mol. The summed E-state index contributed by atoms with van der Waals surface area (Å²) in [5, 5.41) is 12.9. The fourth-order valence-corrected chi connectivity index (χ4v) is 4.93. The molecule has 0 saturated heterocycles. The minimum Gasteiger partial charge on any atom is -0.497 e. The summed E-state index contributed by atoms with van der Waals surface area (Å²) in [6, 6.07) is 6.63. The van der Waals surface area contributed by atoms with Crippen LogP contribution in [0.2, 0.25) is 0 Å². The van der Waals surface area contributed by atoms with Crippen molar-refractivity contribution in [2.45, 2.75) is 17.7 Å². The lowest BCUT2D eigenvalue weighted by atomic mass is 10.1. The van der Waals surface area contributed by atoms with Crippen LogP contribution < -0.4 is 4.74 Å². The molecular weight excluding hydrogens is 350 g/mol. The van der Waals surface area contributed by atoms with Crippen LogP contribution >= 0.6 is 11.3 Å². The van der Waals surface area contributed by atoms with Gasteiger partial charge in [0, 0.05) is 23.4 Å². The minimum atomic E-state index is -3.72. The van der Waals surface area contributed by atoms with Crippen LogP contribution in [-0.4, -0.2) is 30.6 Å². The van der Waals surface area contributed by atoms with Crippen LogP contribution in [0, 0.1) is 0 Å². The molecule has 0 unspecified atom stereocenters. The van der Waals surface area contributed by atoms with Gasteiger partial charge < -0.3 is 9.84 Å². The van der Waals surface area contributed by atoms with Crippen LogP contribution in [0.4, 0.5) is 0 Å². The van der Waals surface area contributed by atoms with Gasteiger partial charge in [-0.3, -0.25) is 4.79 Å². The molecule has 0 amide bonds. The van der Waals surface area contributed by atoms with E-state index in [0.717, 1.165) is 0 Å². The van der Waals surface area contributed by atoms with Crippen molar-refractivity contribution in [1.82, 2.24) is 3.97 Å². The van der Waals surface area contributed by atoms with Crippen LogP contribution in [0.3, 0.4) is 0 Å². The Morgan fingerprint density at radius 1 is 1.33 bits per heavy atom. The van der Waals surface area contributed by atoms with Gasteiger partial charge in [-0.1, -0.05) is 0 Å². The highest BCUT2D eigenvalue weighted by Crippen LogP contribution is 2.30. The van der Waals surface area contributed by atoms with Gasteiger partial charge in [0.25, 0.3) is 10.0 Å². The number of hydrogen-bond donors (Lipinski definition) is 1. The standard InChI is InChI=1S/C16H15NO5S2/c1-22-12-3-4-15-14(8-12)11(2-5-16(18)19)9-17(15)24(20,21)13-6-7-23-10-13/h3-4,6-10H,2,5H2,1H3,(H,18,19). The van der Waals surface area contributed by atoms with Crippen molar-refractivity contribution in [3.63, 3.8) is 0 Å². The SMILES string of the molecule is COc1ccc2c(c1)c(CCC(=O)O)cn2S(=O)(=O)c1ccsc1. The zero-order valence-corrected chi connectivity index (χ0v) is 14.4. The lowest BCUT2D eigenvalue weighted by Gasteiger charge is -2.06. The molecule has 0 radical (unpaired) electrons. The molecule has 3 rings (SSSR count). The van der Waals surface area contributed by atoms with Crippen molar-refractivity contribution in [3.8, 4) is 5.75 Å². The first kappa shape index (κ1) is 16.5. The van der Waals surface area contributed by atoms with Crippen molar-refractivity contribution in [3.05, 3.63) is 46.8 Å². The van der Waals surface area contributed by atoms with E-state index in [1.165, 1.54) is 28.6 Å². The van der Waals surface area contributed by atoms with Crippen LogP contribution in [0.5, 0.6) is 5.75 Å². The largest absolute Gasteiger partial charge is 0.497 e. The zero-order valence-electron chi connectivity index (χ0n) is 12.8. The molecule has 0 aliphatic rings. The Labute approximate surface area is 143 Å². The average Bonchev–Trinajstić information content (AvgIpc) is 3.20. The van der Waals surface area contributed by atoms with Crippen LogP contribution in [0.25, 0.3) is 10.9 Å². The Bertz CT molecular complexity index is 987. The third kappa shape index (κ3) is 2.90. The number of methoxy groups -OCH3 is 1. The molecule has 126 valence electrons. The van der Waals surface area contributed by atoms with E-state index >= 15 is 0 Å². The number of benzene rings is 1. The van der Waals surface area contributed by atoms with E-state index in [0.29, 0.717) is 22.2 Å². The maximum atomic E-state index is 12.8. The van der Waals surface area contributed by atoms with Crippen molar-refractivity contribution in [1.29, 1.82) is 0 Å². The molecular formula is C16H15NO5S2. The number of rotatable bonds is 6. The number of nitrogens with zero attached hydrogens (tertiary/aromatic N) is 1. The summed E-state index contributed by atoms with van der Waals surface area (Å²) < 4.78 is 32.1. The lowest BCUT2D eigenvalue weighted by molar-refractivity contribution is -0.136. The summed E-state index contributed by atoms with van der Waals surface area (Å²) in [6.07, 6.45) is 1.67. The highest BCUT2D eigenvalue weighted by atomic mass is 32.2. The summed E-state index contributed by atoms with van der Waals surface area (Å²) in [5.74, 6) is -0.343. The number of carboxylic acids is 1. The van der Waals surface area contributed by atoms with Crippen molar-refractivity contribution in [2.75, 3.05) is 7.11 Å². The third-order valence-electron chi connectivity index (χ3n) is 3.72. The second-order valence-corrected chi connectivity index (χ2v) is 7.79. The smallest absolute Gasteiger partial charge is 0.303 e. The normalized spacial score (nSPS) is 11.7. The van der Waals surface area contributed by atoms with Gasteiger partial charge in [-0.2, -0.15) is 11.3 Å². The highest BCUT2D eigenvalue weighted by molar-refractivity contribution is 7.90. The lowest BCUT2D eigenvalue weighted by Crippen LogP contribution is -2.10. The maximum absolute atomic E-state index is 12.8. The summed E-state index contributed by atoms with van der Waals surface area (Å²) in [7, 11) is -2.20. The Balaban J connectivity index is 2.20. The molecule has 0 spiro atoms. The molecule has 1 N–H and O–H groups in total. The minimum absolute atomic E-state index is 0.0746. The molecule has 0 atom stereocenters. The number of carbonyl (C=O) groups is 1. The van der Waals surface area contributed by atoms with Gasteiger partial charge in [-0.05, 0) is 41.6 Å². The van der Waals surface area contributed by atoms with E-state index in [-0.39, 0.29) is 17.7 Å². The van der Waals surface area contributed by atoms with Crippen LogP contribution in [0.15, 0.2) is 46.1 Å². The number of fused-ring (bicyclic) bond motifs is 1. The van der Waals surface area contributed by atoms with Gasteiger partial charge in [0.15, 0.2) is 0 Å². The molecule has 0 aliphatic heterocycles. The number of hydrogen-bond acceptors (Lipinski definition) is 5. The molecule has 1 aromatic carbocycles. The van der Waals surface area contributed by atoms with Crippen LogP contribution in [-0.2, 0) is 21.2 Å². The molecule has 3 aromatic rings. The first-order valence-electron chi connectivity index (χ1n) is 7.11. The van der Waals surface area contributed by atoms with E-state index in [4.69, 9.17) is 9.84 Å². The Morgan fingerprint density at radius 3 is 2.75 bits per heavy atom. The predicted molar refractivity (Wildman–Crippen MR) is 91.3 cm³/mol. The number of aryl methyl sites for hydroxylation is 1. The quantitative estimate of drug-likeness (QED) is 0.726. The molecule has 0 saturated carbocycles. The van der Waals surface area contributed by atoms with Crippen molar-refractivity contribution < 1.29 is 23.1 Å². The first-order chi connectivity index (χ1) is 11.4. The van der Waals surface area contributed by atoms with Crippen LogP contribution in [0.1, 0.15) is 12.0 Å². The molecule has 2 heterocycles. The van der Waals surface area contributed by atoms with Gasteiger partial charge in [0.2, 0.25) is 0 Å². The monoisotopic (exact) mass is 365 g/mol. The highest BCUT2D eigenvalue weighted by Gasteiger charge is 2.22. The molecule has 0 bridgehead atoms. The van der Waals surface area contributed by atoms with E-state index < -0.39 is 16.0 Å². The van der Waals surface area contributed by atoms with Gasteiger partial charge in [-0.25, -0.2) is 12.4 Å². The number of thiophene rings is 1. The van der Waals surface area contributed by atoms with E-state index in [2.05, 4.69) is 0 Å². The Kier molecular flexibility index (Phi) is 4.33. The number of aliphatic carboxylic acids is 1. The van der Waals surface area contributed by atoms with Crippen molar-refractivity contribution in [2.24, 2.45) is 0 Å². The summed E-state index contributed by atoms with van der Waals surface area (Å²) >= 11 is 1.30. The fraction of sp³-hybridized carbons (Fsp3) is 0.188. The molecule has 0 fully saturated rings. The second kappa shape index (κ2) is 6.29. The number of aromatic nitrogens is 1. The Morgan fingerprint density at radius 2 is 2.12 bits per heavy atom.